The molecular weight excluding hydrogens is 282 g/mol. The maximum absolute atomic E-state index is 13.1. The van der Waals surface area contributed by atoms with E-state index in [1.165, 1.54) is 0 Å². The van der Waals surface area contributed by atoms with Crippen molar-refractivity contribution in [2.24, 2.45) is 41.4 Å². The molecule has 0 aromatic carbocycles. The summed E-state index contributed by atoms with van der Waals surface area (Å²) in [4.78, 5) is 15.4. The summed E-state index contributed by atoms with van der Waals surface area (Å²) in [5, 5.41) is 0. The number of nitrogens with zero attached hydrogens (tertiary/aromatic N) is 1. The third kappa shape index (κ3) is 4.31. The van der Waals surface area contributed by atoms with E-state index >= 15 is 0 Å². The Balaban J connectivity index is 3.50. The van der Waals surface area contributed by atoms with E-state index in [1.54, 1.807) is 0 Å². The van der Waals surface area contributed by atoms with Crippen molar-refractivity contribution in [2.45, 2.75) is 87.7 Å². The number of hydrogen-bond donors (Lipinski definition) is 0. The van der Waals surface area contributed by atoms with Crippen LogP contribution in [0.1, 0.15) is 75.7 Å². The lowest BCUT2D eigenvalue weighted by molar-refractivity contribution is -0.137. The van der Waals surface area contributed by atoms with Gasteiger partial charge in [0.2, 0.25) is 5.91 Å². The molecule has 1 amide bonds. The third-order valence-electron chi connectivity index (χ3n) is 5.99. The molecule has 4 unspecified atom stereocenters. The largest absolute Gasteiger partial charge is 0.337 e. The molecular formula is C21H41NO. The Hall–Kier alpha value is -0.530. The van der Waals surface area contributed by atoms with Crippen molar-refractivity contribution in [2.75, 3.05) is 0 Å². The number of rotatable bonds is 5. The summed E-state index contributed by atoms with van der Waals surface area (Å²) < 4.78 is 0. The minimum absolute atomic E-state index is 0.287. The van der Waals surface area contributed by atoms with Gasteiger partial charge in [-0.15, -0.1) is 0 Å². The Labute approximate surface area is 145 Å². The number of carbonyl (C=O) groups excluding carboxylic acids is 1. The molecule has 1 aliphatic rings. The smallest absolute Gasteiger partial charge is 0.223 e. The minimum atomic E-state index is 0.287. The highest BCUT2D eigenvalue weighted by atomic mass is 16.2. The summed E-state index contributed by atoms with van der Waals surface area (Å²) >= 11 is 0. The van der Waals surface area contributed by atoms with Gasteiger partial charge < -0.3 is 4.90 Å². The van der Waals surface area contributed by atoms with Gasteiger partial charge in [0.25, 0.3) is 0 Å². The zero-order valence-corrected chi connectivity index (χ0v) is 17.3. The zero-order valence-electron chi connectivity index (χ0n) is 17.3. The van der Waals surface area contributed by atoms with Crippen molar-refractivity contribution in [3.8, 4) is 0 Å². The van der Waals surface area contributed by atoms with Crippen molar-refractivity contribution in [3.05, 3.63) is 0 Å². The van der Waals surface area contributed by atoms with E-state index in [0.717, 1.165) is 6.42 Å². The fraction of sp³-hybridized carbons (Fsp3) is 0.952. The molecule has 0 saturated carbocycles. The van der Waals surface area contributed by atoms with Gasteiger partial charge in [-0.2, -0.15) is 0 Å². The fourth-order valence-corrected chi connectivity index (χ4v) is 5.16. The lowest BCUT2D eigenvalue weighted by Crippen LogP contribution is -2.52. The Bertz CT molecular complexity index is 383. The summed E-state index contributed by atoms with van der Waals surface area (Å²) in [6, 6.07) is 0.647. The van der Waals surface area contributed by atoms with Crippen molar-refractivity contribution < 1.29 is 4.79 Å². The summed E-state index contributed by atoms with van der Waals surface area (Å²) in [6.45, 7) is 23.0. The van der Waals surface area contributed by atoms with Crippen LogP contribution >= 0.6 is 0 Å². The molecule has 0 aromatic rings. The van der Waals surface area contributed by atoms with E-state index in [9.17, 15) is 4.79 Å². The van der Waals surface area contributed by atoms with Crippen LogP contribution in [0.3, 0.4) is 0 Å². The Morgan fingerprint density at radius 1 is 0.739 bits per heavy atom. The van der Waals surface area contributed by atoms with Crippen LogP contribution < -0.4 is 0 Å². The van der Waals surface area contributed by atoms with E-state index in [2.05, 4.69) is 74.1 Å². The summed E-state index contributed by atoms with van der Waals surface area (Å²) in [7, 11) is 0. The quantitative estimate of drug-likeness (QED) is 0.657. The molecule has 0 spiro atoms. The molecule has 2 nitrogen and oxygen atoms in total. The molecule has 4 atom stereocenters. The third-order valence-corrected chi connectivity index (χ3v) is 5.99. The number of likely N-dealkylation sites (tertiary alicyclic amines) is 1. The average molecular weight is 324 g/mol. The first kappa shape index (κ1) is 20.5. The van der Waals surface area contributed by atoms with Crippen LogP contribution in [0.2, 0.25) is 0 Å². The van der Waals surface area contributed by atoms with Crippen LogP contribution in [-0.4, -0.2) is 22.9 Å². The first-order valence-electron chi connectivity index (χ1n) is 9.81. The molecule has 0 N–H and O–H groups in total. The van der Waals surface area contributed by atoms with Crippen molar-refractivity contribution >= 4 is 5.91 Å². The van der Waals surface area contributed by atoms with E-state index in [1.807, 2.05) is 0 Å². The lowest BCUT2D eigenvalue weighted by atomic mass is 9.63. The van der Waals surface area contributed by atoms with E-state index in [4.69, 9.17) is 0 Å². The molecule has 23 heavy (non-hydrogen) atoms. The summed E-state index contributed by atoms with van der Waals surface area (Å²) in [6.07, 6.45) is 0.727. The molecule has 1 aliphatic heterocycles. The molecule has 1 heterocycles. The molecule has 0 aromatic heterocycles. The van der Waals surface area contributed by atoms with E-state index < -0.39 is 0 Å². The SMILES string of the molecule is CC(C)C1CC(=O)N(C(C)C)C(C(C)C)C(C(C)C)C1C(C)C. The Kier molecular flexibility index (Phi) is 7.16. The van der Waals surface area contributed by atoms with Gasteiger partial charge in [0.05, 0.1) is 0 Å². The highest BCUT2D eigenvalue weighted by Crippen LogP contribution is 2.46. The van der Waals surface area contributed by atoms with Crippen molar-refractivity contribution in [1.82, 2.24) is 4.90 Å². The molecule has 1 rings (SSSR count). The van der Waals surface area contributed by atoms with Crippen LogP contribution in [0, 0.1) is 41.4 Å². The molecule has 0 radical (unpaired) electrons. The van der Waals surface area contributed by atoms with Crippen molar-refractivity contribution in [3.63, 3.8) is 0 Å². The molecule has 0 aliphatic carbocycles. The normalized spacial score (nSPS) is 30.2. The maximum Gasteiger partial charge on any atom is 0.223 e. The second kappa shape index (κ2) is 8.03. The number of carbonyl (C=O) groups is 1. The Morgan fingerprint density at radius 2 is 1.22 bits per heavy atom. The molecule has 0 bridgehead atoms. The minimum Gasteiger partial charge on any atom is -0.337 e. The molecule has 1 saturated heterocycles. The van der Waals surface area contributed by atoms with Crippen molar-refractivity contribution in [1.29, 1.82) is 0 Å². The maximum atomic E-state index is 13.1. The first-order valence-corrected chi connectivity index (χ1v) is 9.81. The molecule has 136 valence electrons. The topological polar surface area (TPSA) is 20.3 Å². The predicted octanol–water partition coefficient (Wildman–Crippen LogP) is 5.47. The predicted molar refractivity (Wildman–Crippen MR) is 100 cm³/mol. The Morgan fingerprint density at radius 3 is 1.52 bits per heavy atom. The van der Waals surface area contributed by atoms with Gasteiger partial charge in [-0.05, 0) is 55.3 Å². The molecule has 2 heteroatoms. The van der Waals surface area contributed by atoms with Gasteiger partial charge in [0.15, 0.2) is 0 Å². The highest BCUT2D eigenvalue weighted by molar-refractivity contribution is 5.77. The lowest BCUT2D eigenvalue weighted by Gasteiger charge is -2.46. The number of hydrogen-bond acceptors (Lipinski definition) is 1. The number of amides is 1. The van der Waals surface area contributed by atoms with Gasteiger partial charge in [-0.25, -0.2) is 0 Å². The average Bonchev–Trinajstić information content (AvgIpc) is 2.52. The summed E-state index contributed by atoms with van der Waals surface area (Å²) in [5.74, 6) is 4.37. The first-order chi connectivity index (χ1) is 10.5. The second-order valence-electron chi connectivity index (χ2n) is 9.38. The van der Waals surface area contributed by atoms with Crippen LogP contribution in [0.25, 0.3) is 0 Å². The van der Waals surface area contributed by atoms with Gasteiger partial charge >= 0.3 is 0 Å². The standard InChI is InChI=1S/C21H41NO/c1-12(2)17-11-18(23)22(16(9)10)21(15(7)8)20(14(5)6)19(17)13(3)4/h12-17,19-21H,11H2,1-10H3. The van der Waals surface area contributed by atoms with Crippen LogP contribution in [0.4, 0.5) is 0 Å². The fourth-order valence-electron chi connectivity index (χ4n) is 5.16. The zero-order chi connectivity index (χ0) is 18.1. The van der Waals surface area contributed by atoms with E-state index in [-0.39, 0.29) is 6.04 Å². The highest BCUT2D eigenvalue weighted by Gasteiger charge is 2.47. The van der Waals surface area contributed by atoms with Gasteiger partial charge in [0, 0.05) is 18.5 Å². The second-order valence-corrected chi connectivity index (χ2v) is 9.38. The van der Waals surface area contributed by atoms with Gasteiger partial charge in [0.1, 0.15) is 0 Å². The van der Waals surface area contributed by atoms with Crippen LogP contribution in [0.15, 0.2) is 0 Å². The summed E-state index contributed by atoms with van der Waals surface area (Å²) in [5.41, 5.74) is 0. The van der Waals surface area contributed by atoms with Crippen LogP contribution in [0.5, 0.6) is 0 Å². The monoisotopic (exact) mass is 323 g/mol. The van der Waals surface area contributed by atoms with Gasteiger partial charge in [-0.3, -0.25) is 4.79 Å². The van der Waals surface area contributed by atoms with E-state index in [0.29, 0.717) is 53.4 Å². The van der Waals surface area contributed by atoms with Gasteiger partial charge in [-0.1, -0.05) is 55.4 Å². The molecule has 1 fully saturated rings. The van der Waals surface area contributed by atoms with Crippen LogP contribution in [-0.2, 0) is 4.79 Å².